The Labute approximate surface area is 108 Å². The van der Waals surface area contributed by atoms with E-state index in [1.165, 1.54) is 51.4 Å². The summed E-state index contributed by atoms with van der Waals surface area (Å²) in [5.41, 5.74) is 0. The Morgan fingerprint density at radius 2 is 1.41 bits per heavy atom. The molecule has 1 nitrogen and oxygen atoms in total. The van der Waals surface area contributed by atoms with E-state index in [1.54, 1.807) is 0 Å². The Bertz CT molecular complexity index is 199. The van der Waals surface area contributed by atoms with Crippen molar-refractivity contribution in [1.29, 1.82) is 0 Å². The average molecular weight is 238 g/mol. The summed E-state index contributed by atoms with van der Waals surface area (Å²) >= 11 is 0. The van der Waals surface area contributed by atoms with E-state index in [0.29, 0.717) is 6.42 Å². The molecule has 0 spiro atoms. The number of aliphatic hydroxyl groups is 1. The minimum absolute atomic E-state index is 0.202. The number of hydrogen-bond donors (Lipinski definition) is 1. The van der Waals surface area contributed by atoms with Crippen LogP contribution in [0.5, 0.6) is 0 Å². The second-order valence-electron chi connectivity index (χ2n) is 4.90. The second kappa shape index (κ2) is 13.6. The normalized spacial score (nSPS) is 11.9. The van der Waals surface area contributed by atoms with Crippen molar-refractivity contribution in [2.75, 3.05) is 0 Å². The molecule has 0 aliphatic heterocycles. The van der Waals surface area contributed by atoms with Gasteiger partial charge in [-0.2, -0.15) is 0 Å². The molecule has 0 aliphatic carbocycles. The first-order valence-corrected chi connectivity index (χ1v) is 7.39. The molecule has 0 saturated heterocycles. The molecule has 0 amide bonds. The fraction of sp³-hybridized carbons (Fsp3) is 0.875. The van der Waals surface area contributed by atoms with E-state index in [1.807, 2.05) is 6.92 Å². The predicted octanol–water partition coefficient (Wildman–Crippen LogP) is 4.68. The van der Waals surface area contributed by atoms with Gasteiger partial charge in [-0.15, -0.1) is 11.8 Å². The molecule has 1 N–H and O–H groups in total. The van der Waals surface area contributed by atoms with Gasteiger partial charge in [-0.1, -0.05) is 64.7 Å². The molecular weight excluding hydrogens is 208 g/mol. The first-order valence-electron chi connectivity index (χ1n) is 7.39. The van der Waals surface area contributed by atoms with Gasteiger partial charge in [0.2, 0.25) is 0 Å². The van der Waals surface area contributed by atoms with Gasteiger partial charge in [-0.05, 0) is 13.3 Å². The minimum Gasteiger partial charge on any atom is -0.392 e. The van der Waals surface area contributed by atoms with E-state index in [9.17, 15) is 5.11 Å². The van der Waals surface area contributed by atoms with Gasteiger partial charge < -0.3 is 5.11 Å². The van der Waals surface area contributed by atoms with Crippen molar-refractivity contribution in [3.8, 4) is 11.8 Å². The summed E-state index contributed by atoms with van der Waals surface area (Å²) in [4.78, 5) is 0. The largest absolute Gasteiger partial charge is 0.392 e. The highest BCUT2D eigenvalue weighted by molar-refractivity contribution is 4.96. The Hall–Kier alpha value is -0.480. The van der Waals surface area contributed by atoms with E-state index in [0.717, 1.165) is 12.8 Å². The van der Waals surface area contributed by atoms with Crippen LogP contribution in [0, 0.1) is 11.8 Å². The molecule has 0 aromatic heterocycles. The highest BCUT2D eigenvalue weighted by Gasteiger charge is 2.01. The molecule has 0 aromatic rings. The van der Waals surface area contributed by atoms with Crippen molar-refractivity contribution >= 4 is 0 Å². The monoisotopic (exact) mass is 238 g/mol. The van der Waals surface area contributed by atoms with Gasteiger partial charge in [-0.25, -0.2) is 0 Å². The van der Waals surface area contributed by atoms with E-state index in [2.05, 4.69) is 18.8 Å². The standard InChI is InChI=1S/C16H30O/c1-3-5-7-8-9-10-11-12-13-15-16(17)14-6-4-2/h16-17H,3,5,7-15H2,1-2H3. The minimum atomic E-state index is -0.202. The van der Waals surface area contributed by atoms with Crippen LogP contribution in [0.2, 0.25) is 0 Å². The molecule has 0 heterocycles. The molecule has 1 heteroatoms. The SMILES string of the molecule is CC#CCC(O)CCCCCCCCCCC. The fourth-order valence-corrected chi connectivity index (χ4v) is 2.01. The van der Waals surface area contributed by atoms with Crippen LogP contribution >= 0.6 is 0 Å². The predicted molar refractivity (Wildman–Crippen MR) is 75.9 cm³/mol. The van der Waals surface area contributed by atoms with Crippen LogP contribution in [0.15, 0.2) is 0 Å². The number of unbranched alkanes of at least 4 members (excludes halogenated alkanes) is 8. The zero-order chi connectivity index (χ0) is 12.8. The zero-order valence-corrected chi connectivity index (χ0v) is 11.8. The van der Waals surface area contributed by atoms with E-state index in [-0.39, 0.29) is 6.10 Å². The molecule has 0 fully saturated rings. The first kappa shape index (κ1) is 16.5. The molecule has 0 rings (SSSR count). The van der Waals surface area contributed by atoms with Gasteiger partial charge in [0, 0.05) is 6.42 Å². The highest BCUT2D eigenvalue weighted by atomic mass is 16.3. The maximum Gasteiger partial charge on any atom is 0.0649 e. The lowest BCUT2D eigenvalue weighted by molar-refractivity contribution is 0.166. The van der Waals surface area contributed by atoms with E-state index < -0.39 is 0 Å². The van der Waals surface area contributed by atoms with Gasteiger partial charge in [0.05, 0.1) is 6.10 Å². The van der Waals surface area contributed by atoms with Gasteiger partial charge >= 0.3 is 0 Å². The van der Waals surface area contributed by atoms with Crippen molar-refractivity contribution in [3.63, 3.8) is 0 Å². The van der Waals surface area contributed by atoms with Crippen molar-refractivity contribution in [2.45, 2.75) is 90.6 Å². The molecule has 17 heavy (non-hydrogen) atoms. The topological polar surface area (TPSA) is 20.2 Å². The van der Waals surface area contributed by atoms with E-state index >= 15 is 0 Å². The third-order valence-electron chi connectivity index (χ3n) is 3.16. The molecular formula is C16H30O. The summed E-state index contributed by atoms with van der Waals surface area (Å²) in [6, 6.07) is 0. The summed E-state index contributed by atoms with van der Waals surface area (Å²) in [5.74, 6) is 5.75. The van der Waals surface area contributed by atoms with Crippen LogP contribution < -0.4 is 0 Å². The highest BCUT2D eigenvalue weighted by Crippen LogP contribution is 2.11. The zero-order valence-electron chi connectivity index (χ0n) is 11.8. The summed E-state index contributed by atoms with van der Waals surface area (Å²) in [6.45, 7) is 4.08. The lowest BCUT2D eigenvalue weighted by atomic mass is 10.0. The third kappa shape index (κ3) is 13.5. The van der Waals surface area contributed by atoms with Gasteiger partial charge in [0.1, 0.15) is 0 Å². The lowest BCUT2D eigenvalue weighted by Crippen LogP contribution is -2.04. The molecule has 100 valence electrons. The van der Waals surface area contributed by atoms with Crippen LogP contribution in [-0.4, -0.2) is 11.2 Å². The summed E-state index contributed by atoms with van der Waals surface area (Å²) < 4.78 is 0. The van der Waals surface area contributed by atoms with Crippen molar-refractivity contribution in [1.82, 2.24) is 0 Å². The quantitative estimate of drug-likeness (QED) is 0.409. The molecule has 1 unspecified atom stereocenters. The molecule has 0 saturated carbocycles. The van der Waals surface area contributed by atoms with Gasteiger partial charge in [0.15, 0.2) is 0 Å². The van der Waals surface area contributed by atoms with E-state index in [4.69, 9.17) is 0 Å². The third-order valence-corrected chi connectivity index (χ3v) is 3.16. The van der Waals surface area contributed by atoms with Crippen molar-refractivity contribution in [2.24, 2.45) is 0 Å². The molecule has 0 bridgehead atoms. The van der Waals surface area contributed by atoms with Crippen molar-refractivity contribution in [3.05, 3.63) is 0 Å². The van der Waals surface area contributed by atoms with Crippen LogP contribution in [0.1, 0.15) is 84.5 Å². The molecule has 0 aliphatic rings. The number of aliphatic hydroxyl groups excluding tert-OH is 1. The van der Waals surface area contributed by atoms with Gasteiger partial charge in [0.25, 0.3) is 0 Å². The Kier molecular flexibility index (Phi) is 13.2. The smallest absolute Gasteiger partial charge is 0.0649 e. The van der Waals surface area contributed by atoms with Crippen LogP contribution in [0.3, 0.4) is 0 Å². The first-order chi connectivity index (χ1) is 8.31. The molecule has 0 aromatic carbocycles. The Morgan fingerprint density at radius 1 is 0.882 bits per heavy atom. The van der Waals surface area contributed by atoms with Crippen LogP contribution in [0.25, 0.3) is 0 Å². The average Bonchev–Trinajstić information content (AvgIpc) is 2.34. The number of rotatable bonds is 11. The summed E-state index contributed by atoms with van der Waals surface area (Å²) in [7, 11) is 0. The Balaban J connectivity index is 3.09. The summed E-state index contributed by atoms with van der Waals surface area (Å²) in [6.07, 6.45) is 13.4. The van der Waals surface area contributed by atoms with Crippen molar-refractivity contribution < 1.29 is 5.11 Å². The fourth-order valence-electron chi connectivity index (χ4n) is 2.01. The van der Waals surface area contributed by atoms with Crippen LogP contribution in [0.4, 0.5) is 0 Å². The lowest BCUT2D eigenvalue weighted by Gasteiger charge is -2.06. The van der Waals surface area contributed by atoms with Crippen LogP contribution in [-0.2, 0) is 0 Å². The number of hydrogen-bond acceptors (Lipinski definition) is 1. The molecule has 1 atom stereocenters. The second-order valence-corrected chi connectivity index (χ2v) is 4.90. The maximum atomic E-state index is 9.58. The summed E-state index contributed by atoms with van der Waals surface area (Å²) in [5, 5.41) is 9.58. The maximum absolute atomic E-state index is 9.58. The molecule has 0 radical (unpaired) electrons. The Morgan fingerprint density at radius 3 is 1.94 bits per heavy atom. The van der Waals surface area contributed by atoms with Gasteiger partial charge in [-0.3, -0.25) is 0 Å².